The van der Waals surface area contributed by atoms with Crippen molar-refractivity contribution in [2.45, 2.75) is 63.9 Å². The Balaban J connectivity index is 1.63. The highest BCUT2D eigenvalue weighted by atomic mass is 31.0. The summed E-state index contributed by atoms with van der Waals surface area (Å²) >= 11 is 0. The fraction of sp³-hybridized carbons (Fsp3) is 0.619. The SMILES string of the molecule is CC1(C)OB(c2ccc(C[C@H](NC(=O)[C@@H]3CN(P)CCCO3)C(N)=O)cc2)OC1(C)C. The molecule has 1 aromatic rings. The third-order valence-electron chi connectivity index (χ3n) is 6.21. The number of nitrogens with zero attached hydrogens (tertiary/aromatic N) is 1. The van der Waals surface area contributed by atoms with E-state index >= 15 is 0 Å². The lowest BCUT2D eigenvalue weighted by Gasteiger charge is -2.32. The number of hydrogen-bond donors (Lipinski definition) is 2. The van der Waals surface area contributed by atoms with Crippen LogP contribution in [-0.4, -0.2) is 66.6 Å². The number of rotatable bonds is 6. The smallest absolute Gasteiger partial charge is 0.399 e. The molecule has 0 radical (unpaired) electrons. The molecule has 0 spiro atoms. The minimum atomic E-state index is -0.819. The fourth-order valence-electron chi connectivity index (χ4n) is 3.52. The van der Waals surface area contributed by atoms with E-state index in [1.165, 1.54) is 0 Å². The van der Waals surface area contributed by atoms with Crippen LogP contribution in [0.3, 0.4) is 0 Å². The van der Waals surface area contributed by atoms with Crippen LogP contribution in [0.2, 0.25) is 0 Å². The molecule has 3 rings (SSSR count). The van der Waals surface area contributed by atoms with E-state index in [2.05, 4.69) is 14.7 Å². The van der Waals surface area contributed by atoms with E-state index in [0.29, 0.717) is 19.6 Å². The van der Waals surface area contributed by atoms with Gasteiger partial charge >= 0.3 is 7.12 Å². The van der Waals surface area contributed by atoms with Crippen LogP contribution < -0.4 is 16.5 Å². The lowest BCUT2D eigenvalue weighted by atomic mass is 9.78. The predicted molar refractivity (Wildman–Crippen MR) is 123 cm³/mol. The van der Waals surface area contributed by atoms with Gasteiger partial charge < -0.3 is 25.1 Å². The molecule has 2 aliphatic heterocycles. The van der Waals surface area contributed by atoms with Crippen LogP contribution in [0.4, 0.5) is 0 Å². The molecule has 3 atom stereocenters. The first-order chi connectivity index (χ1) is 14.5. The van der Waals surface area contributed by atoms with Crippen molar-refractivity contribution < 1.29 is 23.6 Å². The zero-order valence-electron chi connectivity index (χ0n) is 18.7. The first kappa shape index (κ1) is 24.1. The third kappa shape index (κ3) is 5.85. The summed E-state index contributed by atoms with van der Waals surface area (Å²) in [4.78, 5) is 24.6. The van der Waals surface area contributed by atoms with E-state index in [0.717, 1.165) is 24.0 Å². The second-order valence-electron chi connectivity index (χ2n) is 9.21. The van der Waals surface area contributed by atoms with Crippen molar-refractivity contribution >= 4 is 33.8 Å². The minimum absolute atomic E-state index is 0.294. The number of carbonyl (C=O) groups is 2. The molecule has 3 N–H and O–H groups in total. The Hall–Kier alpha value is -1.51. The standard InChI is InChI=1S/C21H33BN3O5P/c1-20(2)21(3,4)30-22(29-20)15-8-6-14(7-9-15)12-16(18(23)26)24-19(27)17-13-25(31)10-5-11-28-17/h6-9,16-17H,5,10-13,31H2,1-4H3,(H2,23,26)(H,24,27)/t16-,17-/m0/s1. The quantitative estimate of drug-likeness (QED) is 0.481. The van der Waals surface area contributed by atoms with Crippen molar-refractivity contribution in [3.8, 4) is 0 Å². The Morgan fingerprint density at radius 1 is 1.23 bits per heavy atom. The summed E-state index contributed by atoms with van der Waals surface area (Å²) < 4.78 is 19.7. The largest absolute Gasteiger partial charge is 0.494 e. The number of primary amides is 1. The number of nitrogens with two attached hydrogens (primary N) is 1. The van der Waals surface area contributed by atoms with E-state index in [1.807, 2.05) is 56.6 Å². The van der Waals surface area contributed by atoms with Crippen molar-refractivity contribution in [3.63, 3.8) is 0 Å². The maximum atomic E-state index is 12.6. The van der Waals surface area contributed by atoms with Gasteiger partial charge in [-0.1, -0.05) is 33.7 Å². The molecule has 170 valence electrons. The lowest BCUT2D eigenvalue weighted by molar-refractivity contribution is -0.135. The van der Waals surface area contributed by atoms with Crippen molar-refractivity contribution in [3.05, 3.63) is 29.8 Å². The summed E-state index contributed by atoms with van der Waals surface area (Å²) in [6.07, 6.45) is 0.511. The Kier molecular flexibility index (Phi) is 7.44. The second kappa shape index (κ2) is 9.55. The number of ether oxygens (including phenoxy) is 1. The first-order valence-corrected chi connectivity index (χ1v) is 11.2. The molecule has 0 aliphatic carbocycles. The molecule has 8 nitrogen and oxygen atoms in total. The molecule has 31 heavy (non-hydrogen) atoms. The highest BCUT2D eigenvalue weighted by molar-refractivity contribution is 7.13. The Bertz CT molecular complexity index is 789. The van der Waals surface area contributed by atoms with E-state index in [9.17, 15) is 9.59 Å². The van der Waals surface area contributed by atoms with Crippen molar-refractivity contribution in [1.82, 2.24) is 9.99 Å². The third-order valence-corrected chi connectivity index (χ3v) is 6.68. The first-order valence-electron chi connectivity index (χ1n) is 10.6. The van der Waals surface area contributed by atoms with Gasteiger partial charge in [-0.05, 0) is 45.1 Å². The van der Waals surface area contributed by atoms with E-state index in [1.54, 1.807) is 0 Å². The molecular weight excluding hydrogens is 416 g/mol. The van der Waals surface area contributed by atoms with Gasteiger partial charge in [-0.25, -0.2) is 0 Å². The summed E-state index contributed by atoms with van der Waals surface area (Å²) in [6, 6.07) is 6.81. The van der Waals surface area contributed by atoms with Gasteiger partial charge in [0, 0.05) is 26.1 Å². The number of nitrogens with one attached hydrogen (secondary N) is 1. The summed E-state index contributed by atoms with van der Waals surface area (Å²) in [5.41, 5.74) is 6.51. The molecule has 2 fully saturated rings. The van der Waals surface area contributed by atoms with Gasteiger partial charge in [0.15, 0.2) is 0 Å². The Morgan fingerprint density at radius 2 is 1.84 bits per heavy atom. The van der Waals surface area contributed by atoms with Crippen LogP contribution in [0.1, 0.15) is 39.7 Å². The van der Waals surface area contributed by atoms with E-state index in [-0.39, 0.29) is 5.91 Å². The molecule has 2 amide bonds. The van der Waals surface area contributed by atoms with Crippen molar-refractivity contribution in [2.75, 3.05) is 19.7 Å². The molecule has 1 aromatic carbocycles. The molecule has 0 aromatic heterocycles. The van der Waals surface area contributed by atoms with Gasteiger partial charge in [0.2, 0.25) is 5.91 Å². The van der Waals surface area contributed by atoms with Gasteiger partial charge in [-0.3, -0.25) is 14.3 Å². The van der Waals surface area contributed by atoms with Gasteiger partial charge in [0.1, 0.15) is 12.1 Å². The Morgan fingerprint density at radius 3 is 2.42 bits per heavy atom. The molecule has 0 bridgehead atoms. The van der Waals surface area contributed by atoms with E-state index in [4.69, 9.17) is 19.8 Å². The molecule has 2 saturated heterocycles. The number of hydrogen-bond acceptors (Lipinski definition) is 6. The van der Waals surface area contributed by atoms with E-state index < -0.39 is 36.4 Å². The maximum absolute atomic E-state index is 12.6. The lowest BCUT2D eigenvalue weighted by Crippen LogP contribution is -2.51. The molecule has 2 aliphatic rings. The zero-order chi connectivity index (χ0) is 22.8. The van der Waals surface area contributed by atoms with Crippen LogP contribution >= 0.6 is 9.39 Å². The highest BCUT2D eigenvalue weighted by Crippen LogP contribution is 2.36. The van der Waals surface area contributed by atoms with Crippen LogP contribution in [0.5, 0.6) is 0 Å². The van der Waals surface area contributed by atoms with Gasteiger partial charge in [0.05, 0.1) is 11.2 Å². The number of amides is 2. The molecule has 2 heterocycles. The van der Waals surface area contributed by atoms with Crippen LogP contribution in [-0.2, 0) is 30.1 Å². The second-order valence-corrected chi connectivity index (χ2v) is 9.94. The molecule has 1 unspecified atom stereocenters. The summed E-state index contributed by atoms with van der Waals surface area (Å²) in [7, 11) is 2.14. The monoisotopic (exact) mass is 449 g/mol. The fourth-order valence-corrected chi connectivity index (χ4v) is 3.90. The van der Waals surface area contributed by atoms with Gasteiger partial charge in [-0.15, -0.1) is 0 Å². The molecule has 0 saturated carbocycles. The van der Waals surface area contributed by atoms with Crippen LogP contribution in [0.15, 0.2) is 24.3 Å². The summed E-state index contributed by atoms with van der Waals surface area (Å²) in [6.45, 7) is 9.83. The predicted octanol–water partition coefficient (Wildman–Crippen LogP) is 0.379. The highest BCUT2D eigenvalue weighted by Gasteiger charge is 2.51. The molecule has 10 heteroatoms. The topological polar surface area (TPSA) is 103 Å². The average molecular weight is 449 g/mol. The molecular formula is C21H33BN3O5P. The number of benzene rings is 1. The average Bonchev–Trinajstić information content (AvgIpc) is 2.82. The Labute approximate surface area is 186 Å². The zero-order valence-corrected chi connectivity index (χ0v) is 19.9. The van der Waals surface area contributed by atoms with Crippen molar-refractivity contribution in [2.24, 2.45) is 5.73 Å². The number of carbonyl (C=O) groups excluding carboxylic acids is 2. The van der Waals surface area contributed by atoms with Crippen molar-refractivity contribution in [1.29, 1.82) is 0 Å². The van der Waals surface area contributed by atoms with Crippen LogP contribution in [0, 0.1) is 0 Å². The maximum Gasteiger partial charge on any atom is 0.494 e. The summed E-state index contributed by atoms with van der Waals surface area (Å²) in [5, 5.41) is 2.75. The van der Waals surface area contributed by atoms with Gasteiger partial charge in [0.25, 0.3) is 5.91 Å². The minimum Gasteiger partial charge on any atom is -0.399 e. The van der Waals surface area contributed by atoms with Crippen LogP contribution in [0.25, 0.3) is 0 Å². The van der Waals surface area contributed by atoms with Gasteiger partial charge in [-0.2, -0.15) is 0 Å². The normalized spacial score (nSPS) is 24.4. The summed E-state index contributed by atoms with van der Waals surface area (Å²) in [5.74, 6) is -0.910.